The Balaban J connectivity index is 1.36. The molecule has 3 heterocycles. The second kappa shape index (κ2) is 7.85. The molecule has 32 heavy (non-hydrogen) atoms. The van der Waals surface area contributed by atoms with Gasteiger partial charge in [0.05, 0.1) is 16.7 Å². The molecule has 2 fully saturated rings. The summed E-state index contributed by atoms with van der Waals surface area (Å²) in [5.74, 6) is 1.67. The lowest BCUT2D eigenvalue weighted by Crippen LogP contribution is -2.38. The first-order chi connectivity index (χ1) is 15.4. The Morgan fingerprint density at radius 3 is 2.69 bits per heavy atom. The fourth-order valence-electron chi connectivity index (χ4n) is 5.74. The minimum Gasteiger partial charge on any atom is -0.349 e. The summed E-state index contributed by atoms with van der Waals surface area (Å²) in [6.07, 6.45) is 1.70. The highest BCUT2D eigenvalue weighted by molar-refractivity contribution is 5.96. The molecule has 1 saturated heterocycles. The average molecular weight is 435 g/mol. The summed E-state index contributed by atoms with van der Waals surface area (Å²) in [4.78, 5) is 20.2. The largest absolute Gasteiger partial charge is 0.349 e. The smallest absolute Gasteiger partial charge is 0.255 e. The number of carbonyl (C=O) groups is 1. The van der Waals surface area contributed by atoms with Crippen LogP contribution in [-0.4, -0.2) is 49.9 Å². The highest BCUT2D eigenvalue weighted by Crippen LogP contribution is 2.50. The maximum Gasteiger partial charge on any atom is 0.255 e. The standard InChI is InChI=1S/C24H30N6O2/c1-15-21(16(2)29(4)27-15)22(31)26-20-10-19-13-30(12-18-8-6-5-7-9-18)14-24(19,11-20)23-25-17(3)28-32-23/h5-9,19-20H,10-14H2,1-4H3,(H,26,31)/t19-,20+,24-/m0/s1. The molecule has 1 aromatic carbocycles. The van der Waals surface area contributed by atoms with Gasteiger partial charge in [0.2, 0.25) is 5.89 Å². The fraction of sp³-hybridized carbons (Fsp3) is 0.500. The molecule has 5 rings (SSSR count). The third kappa shape index (κ3) is 3.52. The average Bonchev–Trinajstić information content (AvgIpc) is 3.46. The SMILES string of the molecule is Cc1noc([C@]23C[C@H](NC(=O)c4c(C)nn(C)c4C)C[C@H]2CN(Cc2ccccc2)C3)n1. The Labute approximate surface area is 188 Å². The van der Waals surface area contributed by atoms with Crippen molar-refractivity contribution in [3.8, 4) is 0 Å². The molecule has 0 bridgehead atoms. The number of rotatable bonds is 5. The van der Waals surface area contributed by atoms with Gasteiger partial charge in [-0.3, -0.25) is 14.4 Å². The van der Waals surface area contributed by atoms with Crippen LogP contribution in [0.15, 0.2) is 34.9 Å². The first-order valence-corrected chi connectivity index (χ1v) is 11.2. The summed E-state index contributed by atoms with van der Waals surface area (Å²) >= 11 is 0. The monoisotopic (exact) mass is 434 g/mol. The van der Waals surface area contributed by atoms with Crippen molar-refractivity contribution in [3.63, 3.8) is 0 Å². The molecule has 0 spiro atoms. The van der Waals surface area contributed by atoms with Gasteiger partial charge in [-0.1, -0.05) is 35.5 Å². The maximum atomic E-state index is 13.1. The van der Waals surface area contributed by atoms with Crippen LogP contribution in [0.1, 0.15) is 51.9 Å². The summed E-state index contributed by atoms with van der Waals surface area (Å²) in [5.41, 5.74) is 3.40. The molecule has 2 aromatic heterocycles. The van der Waals surface area contributed by atoms with Crippen molar-refractivity contribution >= 4 is 5.91 Å². The van der Waals surface area contributed by atoms with E-state index in [1.165, 1.54) is 5.56 Å². The molecular weight excluding hydrogens is 404 g/mol. The molecule has 2 aliphatic rings. The van der Waals surface area contributed by atoms with E-state index in [1.54, 1.807) is 4.68 Å². The molecule has 0 radical (unpaired) electrons. The van der Waals surface area contributed by atoms with Gasteiger partial charge >= 0.3 is 0 Å². The van der Waals surface area contributed by atoms with Crippen LogP contribution in [0.5, 0.6) is 0 Å². The van der Waals surface area contributed by atoms with Crippen molar-refractivity contribution in [3.05, 3.63) is 64.6 Å². The number of nitrogens with zero attached hydrogens (tertiary/aromatic N) is 5. The van der Waals surface area contributed by atoms with Crippen LogP contribution >= 0.6 is 0 Å². The van der Waals surface area contributed by atoms with E-state index in [2.05, 4.69) is 49.7 Å². The number of nitrogens with one attached hydrogen (secondary N) is 1. The van der Waals surface area contributed by atoms with Crippen LogP contribution in [0.4, 0.5) is 0 Å². The molecule has 1 aliphatic heterocycles. The van der Waals surface area contributed by atoms with E-state index < -0.39 is 0 Å². The van der Waals surface area contributed by atoms with Gasteiger partial charge in [-0.2, -0.15) is 10.1 Å². The molecule has 3 aromatic rings. The van der Waals surface area contributed by atoms with Gasteiger partial charge in [-0.05, 0) is 45.1 Å². The summed E-state index contributed by atoms with van der Waals surface area (Å²) in [6, 6.07) is 10.6. The van der Waals surface area contributed by atoms with E-state index in [0.717, 1.165) is 43.9 Å². The van der Waals surface area contributed by atoms with Crippen LogP contribution in [0.2, 0.25) is 0 Å². The lowest BCUT2D eigenvalue weighted by Gasteiger charge is -2.25. The number of amides is 1. The number of benzene rings is 1. The zero-order valence-electron chi connectivity index (χ0n) is 19.1. The molecule has 1 N–H and O–H groups in total. The van der Waals surface area contributed by atoms with E-state index in [4.69, 9.17) is 4.52 Å². The van der Waals surface area contributed by atoms with Gasteiger partial charge < -0.3 is 9.84 Å². The number of hydrogen-bond acceptors (Lipinski definition) is 6. The third-order valence-corrected chi connectivity index (χ3v) is 7.22. The van der Waals surface area contributed by atoms with Crippen LogP contribution in [0, 0.1) is 26.7 Å². The van der Waals surface area contributed by atoms with Gasteiger partial charge in [0.25, 0.3) is 5.91 Å². The lowest BCUT2D eigenvalue weighted by atomic mass is 9.80. The van der Waals surface area contributed by atoms with Crippen molar-refractivity contribution in [2.24, 2.45) is 13.0 Å². The topological polar surface area (TPSA) is 89.1 Å². The fourth-order valence-corrected chi connectivity index (χ4v) is 5.74. The Morgan fingerprint density at radius 2 is 2.03 bits per heavy atom. The number of hydrogen-bond donors (Lipinski definition) is 1. The zero-order chi connectivity index (χ0) is 22.5. The first-order valence-electron chi connectivity index (χ1n) is 11.2. The van der Waals surface area contributed by atoms with Crippen molar-refractivity contribution in [2.45, 2.75) is 51.6 Å². The van der Waals surface area contributed by atoms with Gasteiger partial charge in [-0.15, -0.1) is 0 Å². The number of fused-ring (bicyclic) bond motifs is 1. The number of aromatic nitrogens is 4. The number of aryl methyl sites for hydroxylation is 3. The minimum atomic E-state index is -0.229. The number of likely N-dealkylation sites (tertiary alicyclic amines) is 1. The van der Waals surface area contributed by atoms with E-state index >= 15 is 0 Å². The number of carbonyl (C=O) groups excluding carboxylic acids is 1. The Kier molecular flexibility index (Phi) is 5.12. The summed E-state index contributed by atoms with van der Waals surface area (Å²) < 4.78 is 7.48. The third-order valence-electron chi connectivity index (χ3n) is 7.22. The van der Waals surface area contributed by atoms with Crippen LogP contribution < -0.4 is 5.32 Å². The Morgan fingerprint density at radius 1 is 1.25 bits per heavy atom. The maximum absolute atomic E-state index is 13.1. The molecule has 8 nitrogen and oxygen atoms in total. The predicted octanol–water partition coefficient (Wildman–Crippen LogP) is 2.69. The molecular formula is C24H30N6O2. The van der Waals surface area contributed by atoms with E-state index in [-0.39, 0.29) is 17.4 Å². The quantitative estimate of drug-likeness (QED) is 0.664. The zero-order valence-corrected chi connectivity index (χ0v) is 19.1. The molecule has 1 aliphatic carbocycles. The molecule has 1 saturated carbocycles. The molecule has 8 heteroatoms. The summed E-state index contributed by atoms with van der Waals surface area (Å²) in [6.45, 7) is 8.38. The van der Waals surface area contributed by atoms with Gasteiger partial charge in [0.15, 0.2) is 5.82 Å². The Hall–Kier alpha value is -3.00. The summed E-state index contributed by atoms with van der Waals surface area (Å²) in [5, 5.41) is 11.8. The van der Waals surface area contributed by atoms with Crippen LogP contribution in [-0.2, 0) is 19.0 Å². The van der Waals surface area contributed by atoms with E-state index in [9.17, 15) is 4.79 Å². The molecule has 3 atom stereocenters. The van der Waals surface area contributed by atoms with Crippen LogP contribution in [0.3, 0.4) is 0 Å². The predicted molar refractivity (Wildman–Crippen MR) is 119 cm³/mol. The second-order valence-electron chi connectivity index (χ2n) is 9.43. The van der Waals surface area contributed by atoms with Crippen molar-refractivity contribution < 1.29 is 9.32 Å². The van der Waals surface area contributed by atoms with Crippen molar-refractivity contribution in [2.75, 3.05) is 13.1 Å². The molecule has 0 unspecified atom stereocenters. The van der Waals surface area contributed by atoms with Crippen molar-refractivity contribution in [1.29, 1.82) is 0 Å². The molecule has 168 valence electrons. The van der Waals surface area contributed by atoms with Crippen molar-refractivity contribution in [1.82, 2.24) is 30.1 Å². The van der Waals surface area contributed by atoms with E-state index in [1.807, 2.05) is 33.9 Å². The highest BCUT2D eigenvalue weighted by Gasteiger charge is 2.57. The lowest BCUT2D eigenvalue weighted by molar-refractivity contribution is 0.0932. The normalized spacial score (nSPS) is 25.2. The second-order valence-corrected chi connectivity index (χ2v) is 9.43. The molecule has 1 amide bonds. The Bertz CT molecular complexity index is 1140. The van der Waals surface area contributed by atoms with Gasteiger partial charge in [-0.25, -0.2) is 0 Å². The van der Waals surface area contributed by atoms with Gasteiger partial charge in [0.1, 0.15) is 0 Å². The van der Waals surface area contributed by atoms with Gasteiger partial charge in [0, 0.05) is 38.4 Å². The van der Waals surface area contributed by atoms with E-state index in [0.29, 0.717) is 23.2 Å². The summed E-state index contributed by atoms with van der Waals surface area (Å²) in [7, 11) is 1.87. The first kappa shape index (κ1) is 20.9. The minimum absolute atomic E-state index is 0.0453. The highest BCUT2D eigenvalue weighted by atomic mass is 16.5. The van der Waals surface area contributed by atoms with Crippen LogP contribution in [0.25, 0.3) is 0 Å².